The highest BCUT2D eigenvalue weighted by Crippen LogP contribution is 2.31. The maximum atomic E-state index is 12.0. The Morgan fingerprint density at radius 3 is 2.43 bits per heavy atom. The molecule has 2 rings (SSSR count). The van der Waals surface area contributed by atoms with Gasteiger partial charge in [0.15, 0.2) is 0 Å². The summed E-state index contributed by atoms with van der Waals surface area (Å²) in [5, 5.41) is 14.8. The third kappa shape index (κ3) is 6.53. The number of carbonyl (C=O) groups excluding carboxylic acids is 2. The van der Waals surface area contributed by atoms with E-state index in [2.05, 4.69) is 0 Å². The zero-order chi connectivity index (χ0) is 20.9. The van der Waals surface area contributed by atoms with Gasteiger partial charge in [-0.2, -0.15) is 13.2 Å². The molecule has 2 N–H and O–H groups in total. The van der Waals surface area contributed by atoms with Crippen LogP contribution in [0, 0.1) is 10.1 Å². The van der Waals surface area contributed by atoms with Crippen molar-refractivity contribution in [1.82, 2.24) is 15.5 Å². The SMILES string of the molecule is O=C(CN1CCN(c2ccc(Cl)cc2[N+](=O)[O-])CC1)NC(=O)NCC(F)(F)F. The molecule has 1 heterocycles. The van der Waals surface area contributed by atoms with Crippen LogP contribution in [0.25, 0.3) is 0 Å². The lowest BCUT2D eigenvalue weighted by Crippen LogP contribution is -2.51. The molecule has 13 heteroatoms. The second kappa shape index (κ2) is 9.06. The minimum Gasteiger partial charge on any atom is -0.363 e. The van der Waals surface area contributed by atoms with Gasteiger partial charge in [0.25, 0.3) is 5.69 Å². The average Bonchev–Trinajstić information content (AvgIpc) is 2.60. The van der Waals surface area contributed by atoms with Gasteiger partial charge in [-0.3, -0.25) is 25.1 Å². The van der Waals surface area contributed by atoms with Gasteiger partial charge in [-0.15, -0.1) is 0 Å². The summed E-state index contributed by atoms with van der Waals surface area (Å²) in [4.78, 5) is 37.2. The zero-order valence-corrected chi connectivity index (χ0v) is 15.2. The zero-order valence-electron chi connectivity index (χ0n) is 14.5. The van der Waals surface area contributed by atoms with Gasteiger partial charge in [-0.25, -0.2) is 4.79 Å². The molecule has 9 nitrogen and oxygen atoms in total. The monoisotopic (exact) mass is 423 g/mol. The number of hydrogen-bond acceptors (Lipinski definition) is 6. The average molecular weight is 424 g/mol. The largest absolute Gasteiger partial charge is 0.405 e. The predicted octanol–water partition coefficient (Wildman–Crippen LogP) is 1.76. The van der Waals surface area contributed by atoms with Crippen molar-refractivity contribution in [2.24, 2.45) is 0 Å². The highest BCUT2D eigenvalue weighted by atomic mass is 35.5. The Labute approximate surface area is 162 Å². The highest BCUT2D eigenvalue weighted by molar-refractivity contribution is 6.30. The van der Waals surface area contributed by atoms with Crippen LogP contribution in [0.3, 0.4) is 0 Å². The van der Waals surface area contributed by atoms with Crippen LogP contribution >= 0.6 is 11.6 Å². The van der Waals surface area contributed by atoms with Gasteiger partial charge in [-0.1, -0.05) is 11.6 Å². The fraction of sp³-hybridized carbons (Fsp3) is 0.467. The van der Waals surface area contributed by atoms with Gasteiger partial charge in [0.05, 0.1) is 11.5 Å². The van der Waals surface area contributed by atoms with Gasteiger partial charge in [0, 0.05) is 37.3 Å². The number of urea groups is 1. The molecule has 1 aromatic rings. The number of benzene rings is 1. The van der Waals surface area contributed by atoms with Crippen molar-refractivity contribution in [3.8, 4) is 0 Å². The highest BCUT2D eigenvalue weighted by Gasteiger charge is 2.28. The van der Waals surface area contributed by atoms with Crippen LogP contribution < -0.4 is 15.5 Å². The smallest absolute Gasteiger partial charge is 0.363 e. The van der Waals surface area contributed by atoms with E-state index in [1.165, 1.54) is 6.07 Å². The van der Waals surface area contributed by atoms with E-state index in [0.29, 0.717) is 31.9 Å². The van der Waals surface area contributed by atoms with Crippen molar-refractivity contribution in [1.29, 1.82) is 0 Å². The molecule has 1 aliphatic heterocycles. The fourth-order valence-corrected chi connectivity index (χ4v) is 2.82. The van der Waals surface area contributed by atoms with Gasteiger partial charge in [0.2, 0.25) is 5.91 Å². The van der Waals surface area contributed by atoms with Crippen LogP contribution in [0.5, 0.6) is 0 Å². The van der Waals surface area contributed by atoms with Crippen molar-refractivity contribution >= 4 is 34.9 Å². The summed E-state index contributed by atoms with van der Waals surface area (Å²) in [5.74, 6) is -0.745. The number of imide groups is 1. The van der Waals surface area contributed by atoms with Crippen molar-refractivity contribution in [2.75, 3.05) is 44.2 Å². The van der Waals surface area contributed by atoms with E-state index in [1.807, 2.05) is 5.32 Å². The van der Waals surface area contributed by atoms with E-state index in [4.69, 9.17) is 11.6 Å². The number of anilines is 1. The topological polar surface area (TPSA) is 108 Å². The predicted molar refractivity (Wildman–Crippen MR) is 94.4 cm³/mol. The van der Waals surface area contributed by atoms with Crippen molar-refractivity contribution in [2.45, 2.75) is 6.18 Å². The van der Waals surface area contributed by atoms with Gasteiger partial charge in [-0.05, 0) is 12.1 Å². The number of nitrogens with one attached hydrogen (secondary N) is 2. The molecule has 3 amide bonds. The number of piperazine rings is 1. The Hall–Kier alpha value is -2.60. The normalized spacial score (nSPS) is 15.2. The lowest BCUT2D eigenvalue weighted by Gasteiger charge is -2.35. The maximum absolute atomic E-state index is 12.0. The summed E-state index contributed by atoms with van der Waals surface area (Å²) in [6, 6.07) is 3.13. The first kappa shape index (κ1) is 21.7. The van der Waals surface area contributed by atoms with Crippen LogP contribution in [-0.2, 0) is 4.79 Å². The van der Waals surface area contributed by atoms with Crippen LogP contribution in [0.15, 0.2) is 18.2 Å². The number of nitro benzene ring substituents is 1. The fourth-order valence-electron chi connectivity index (χ4n) is 2.65. The molecule has 0 radical (unpaired) electrons. The molecule has 1 saturated heterocycles. The Balaban J connectivity index is 1.83. The van der Waals surface area contributed by atoms with E-state index in [9.17, 15) is 32.9 Å². The molecular weight excluding hydrogens is 407 g/mol. The number of amides is 3. The molecule has 1 aromatic carbocycles. The molecule has 154 valence electrons. The second-order valence-corrected chi connectivity index (χ2v) is 6.44. The van der Waals surface area contributed by atoms with Gasteiger partial charge < -0.3 is 10.2 Å². The number of nitrogens with zero attached hydrogens (tertiary/aromatic N) is 3. The van der Waals surface area contributed by atoms with E-state index in [1.54, 1.807) is 27.2 Å². The quantitative estimate of drug-likeness (QED) is 0.552. The summed E-state index contributed by atoms with van der Waals surface area (Å²) >= 11 is 5.80. The number of alkyl halides is 3. The summed E-state index contributed by atoms with van der Waals surface area (Å²) in [6.45, 7) is -0.207. The number of halogens is 4. The molecule has 1 aliphatic rings. The first-order valence-electron chi connectivity index (χ1n) is 8.11. The number of rotatable bonds is 5. The first-order chi connectivity index (χ1) is 13.0. The van der Waals surface area contributed by atoms with Crippen LogP contribution in [0.1, 0.15) is 0 Å². The van der Waals surface area contributed by atoms with Crippen molar-refractivity contribution < 1.29 is 27.7 Å². The minimum absolute atomic E-state index is 0.125. The molecule has 0 saturated carbocycles. The van der Waals surface area contributed by atoms with E-state index >= 15 is 0 Å². The maximum Gasteiger partial charge on any atom is 0.405 e. The molecule has 0 bridgehead atoms. The van der Waals surface area contributed by atoms with Crippen LogP contribution in [0.2, 0.25) is 5.02 Å². The Morgan fingerprint density at radius 1 is 1.21 bits per heavy atom. The molecular formula is C15H17ClF3N5O4. The molecule has 0 atom stereocenters. The molecule has 1 fully saturated rings. The third-order valence-electron chi connectivity index (χ3n) is 3.92. The number of hydrogen-bond donors (Lipinski definition) is 2. The molecule has 0 unspecified atom stereocenters. The Bertz CT molecular complexity index is 754. The Morgan fingerprint density at radius 2 is 1.86 bits per heavy atom. The molecule has 28 heavy (non-hydrogen) atoms. The van der Waals surface area contributed by atoms with Gasteiger partial charge in [0.1, 0.15) is 12.2 Å². The van der Waals surface area contributed by atoms with Gasteiger partial charge >= 0.3 is 12.2 Å². The summed E-state index contributed by atoms with van der Waals surface area (Å²) in [6.07, 6.45) is -4.57. The second-order valence-electron chi connectivity index (χ2n) is 6.00. The molecule has 0 aromatic heterocycles. The standard InChI is InChI=1S/C15H17ClF3N5O4/c16-10-1-2-11(12(7-10)24(27)28)23-5-3-22(4-6-23)8-13(25)21-14(26)20-9-15(17,18)19/h1-2,7H,3-6,8-9H2,(H2,20,21,25,26). The Kier molecular flexibility index (Phi) is 7.02. The minimum atomic E-state index is -4.57. The number of nitro groups is 1. The third-order valence-corrected chi connectivity index (χ3v) is 4.15. The summed E-state index contributed by atoms with van der Waals surface area (Å²) in [5.41, 5.74) is 0.282. The van der Waals surface area contributed by atoms with Crippen LogP contribution in [-0.4, -0.2) is 67.2 Å². The van der Waals surface area contributed by atoms with E-state index in [0.717, 1.165) is 0 Å². The van der Waals surface area contributed by atoms with E-state index in [-0.39, 0.29) is 17.3 Å². The van der Waals surface area contributed by atoms with E-state index < -0.39 is 29.6 Å². The first-order valence-corrected chi connectivity index (χ1v) is 8.48. The summed E-state index contributed by atoms with van der Waals surface area (Å²) < 4.78 is 36.0. The lowest BCUT2D eigenvalue weighted by molar-refractivity contribution is -0.384. The van der Waals surface area contributed by atoms with Crippen LogP contribution in [0.4, 0.5) is 29.3 Å². The molecule has 0 aliphatic carbocycles. The van der Waals surface area contributed by atoms with Crippen molar-refractivity contribution in [3.05, 3.63) is 33.3 Å². The lowest BCUT2D eigenvalue weighted by atomic mass is 10.2. The van der Waals surface area contributed by atoms with Crippen molar-refractivity contribution in [3.63, 3.8) is 0 Å². The molecule has 0 spiro atoms. The summed E-state index contributed by atoms with van der Waals surface area (Å²) in [7, 11) is 0. The number of carbonyl (C=O) groups is 2.